The van der Waals surface area contributed by atoms with E-state index >= 15 is 0 Å². The van der Waals surface area contributed by atoms with Crippen molar-refractivity contribution in [2.24, 2.45) is 5.73 Å². The van der Waals surface area contributed by atoms with E-state index in [1.54, 1.807) is 11.3 Å². The minimum absolute atomic E-state index is 0.181. The van der Waals surface area contributed by atoms with E-state index in [1.165, 1.54) is 5.56 Å². The highest BCUT2D eigenvalue weighted by molar-refractivity contribution is 9.11. The van der Waals surface area contributed by atoms with Gasteiger partial charge in [-0.2, -0.15) is 0 Å². The average Bonchev–Trinajstić information content (AvgIpc) is 2.75. The maximum absolute atomic E-state index is 11.6. The van der Waals surface area contributed by atoms with Crippen LogP contribution in [-0.2, 0) is 16.4 Å². The summed E-state index contributed by atoms with van der Waals surface area (Å²) in [6.07, 6.45) is 1.27. The van der Waals surface area contributed by atoms with Crippen molar-refractivity contribution in [1.29, 1.82) is 0 Å². The van der Waals surface area contributed by atoms with E-state index in [-0.39, 0.29) is 17.0 Å². The fourth-order valence-corrected chi connectivity index (χ4v) is 5.32. The molecule has 19 heavy (non-hydrogen) atoms. The van der Waals surface area contributed by atoms with Gasteiger partial charge in [0.25, 0.3) is 0 Å². The van der Waals surface area contributed by atoms with E-state index < -0.39 is 9.84 Å². The summed E-state index contributed by atoms with van der Waals surface area (Å²) in [6, 6.07) is 2.10. The van der Waals surface area contributed by atoms with E-state index in [4.69, 9.17) is 5.73 Å². The number of sulfone groups is 1. The smallest absolute Gasteiger partial charge is 0.150 e. The quantitative estimate of drug-likeness (QED) is 0.882. The van der Waals surface area contributed by atoms with Gasteiger partial charge in [0.1, 0.15) is 9.84 Å². The van der Waals surface area contributed by atoms with Crippen LogP contribution < -0.4 is 5.73 Å². The third-order valence-corrected chi connectivity index (χ3v) is 7.19. The minimum atomic E-state index is -2.85. The first-order valence-corrected chi connectivity index (χ1v) is 9.71. The summed E-state index contributed by atoms with van der Waals surface area (Å²) in [4.78, 5) is 2.22. The van der Waals surface area contributed by atoms with Crippen LogP contribution >= 0.6 is 27.3 Å². The highest BCUT2D eigenvalue weighted by Crippen LogP contribution is 2.30. The van der Waals surface area contributed by atoms with Gasteiger partial charge in [0.05, 0.1) is 15.3 Å². The Labute approximate surface area is 127 Å². The zero-order chi connectivity index (χ0) is 14.1. The molecule has 0 atom stereocenters. The van der Waals surface area contributed by atoms with Gasteiger partial charge in [0.15, 0.2) is 0 Å². The molecule has 0 aromatic carbocycles. The van der Waals surface area contributed by atoms with E-state index in [9.17, 15) is 8.42 Å². The lowest BCUT2D eigenvalue weighted by molar-refractivity contribution is 0.106. The lowest BCUT2D eigenvalue weighted by Gasteiger charge is -2.43. The molecule has 0 unspecified atom stereocenters. The van der Waals surface area contributed by atoms with Gasteiger partial charge in [-0.05, 0) is 52.8 Å². The van der Waals surface area contributed by atoms with Gasteiger partial charge in [0.2, 0.25) is 0 Å². The fourth-order valence-electron chi connectivity index (χ4n) is 2.53. The lowest BCUT2D eigenvalue weighted by Crippen LogP contribution is -2.55. The molecule has 0 radical (unpaired) electrons. The Morgan fingerprint density at radius 1 is 1.47 bits per heavy atom. The molecule has 0 saturated carbocycles. The van der Waals surface area contributed by atoms with Crippen LogP contribution in [0.5, 0.6) is 0 Å². The van der Waals surface area contributed by atoms with Crippen molar-refractivity contribution in [2.75, 3.05) is 25.1 Å². The number of likely N-dealkylation sites (N-methyl/N-ethyl adjacent to an activating group) is 1. The number of thiophene rings is 1. The van der Waals surface area contributed by atoms with Gasteiger partial charge >= 0.3 is 0 Å². The molecule has 0 spiro atoms. The molecule has 1 aliphatic rings. The van der Waals surface area contributed by atoms with Gasteiger partial charge in [-0.1, -0.05) is 0 Å². The van der Waals surface area contributed by atoms with E-state index in [0.29, 0.717) is 19.4 Å². The highest BCUT2D eigenvalue weighted by Gasteiger charge is 2.39. The SMILES string of the molecule is CN(Cc1csc(Br)c1)C1(CN)CCS(=O)(=O)CC1. The minimum Gasteiger partial charge on any atom is -0.329 e. The zero-order valence-corrected chi connectivity index (χ0v) is 14.2. The molecule has 0 amide bonds. The van der Waals surface area contributed by atoms with Crippen LogP contribution in [0.25, 0.3) is 0 Å². The number of rotatable bonds is 4. The Bertz CT molecular complexity index is 528. The van der Waals surface area contributed by atoms with Crippen LogP contribution in [0, 0.1) is 0 Å². The number of nitrogens with two attached hydrogens (primary N) is 1. The maximum atomic E-state index is 11.6. The number of nitrogens with zero attached hydrogens (tertiary/aromatic N) is 1. The molecule has 1 aromatic rings. The molecule has 2 heterocycles. The van der Waals surface area contributed by atoms with Crippen LogP contribution in [0.3, 0.4) is 0 Å². The normalized spacial score (nSPS) is 21.7. The van der Waals surface area contributed by atoms with Crippen molar-refractivity contribution in [3.05, 3.63) is 20.8 Å². The predicted octanol–water partition coefficient (Wildman–Crippen LogP) is 1.85. The summed E-state index contributed by atoms with van der Waals surface area (Å²) in [5.74, 6) is 0.504. The molecule has 4 nitrogen and oxygen atoms in total. The van der Waals surface area contributed by atoms with E-state index in [1.807, 2.05) is 7.05 Å². The van der Waals surface area contributed by atoms with Crippen molar-refractivity contribution >= 4 is 37.1 Å². The predicted molar refractivity (Wildman–Crippen MR) is 83.2 cm³/mol. The maximum Gasteiger partial charge on any atom is 0.150 e. The molecule has 7 heteroatoms. The van der Waals surface area contributed by atoms with Crippen molar-refractivity contribution < 1.29 is 8.42 Å². The summed E-state index contributed by atoms with van der Waals surface area (Å²) in [5.41, 5.74) is 7.00. The van der Waals surface area contributed by atoms with Crippen LogP contribution in [0.2, 0.25) is 0 Å². The first kappa shape index (κ1) is 15.4. The Hall–Kier alpha value is 0.0500. The third-order valence-electron chi connectivity index (χ3n) is 3.99. The van der Waals surface area contributed by atoms with Crippen LogP contribution in [0.4, 0.5) is 0 Å². The summed E-state index contributed by atoms with van der Waals surface area (Å²) < 4.78 is 24.3. The van der Waals surface area contributed by atoms with Gasteiger partial charge in [0, 0.05) is 18.6 Å². The summed E-state index contributed by atoms with van der Waals surface area (Å²) in [6.45, 7) is 1.31. The molecule has 1 aromatic heterocycles. The molecule has 1 fully saturated rings. The Kier molecular flexibility index (Phi) is 4.72. The standard InChI is InChI=1S/C12H19BrN2O2S2/c1-15(7-10-6-11(13)18-8-10)12(9-14)2-4-19(16,17)5-3-12/h6,8H,2-5,7,9,14H2,1H3. The highest BCUT2D eigenvalue weighted by atomic mass is 79.9. The second-order valence-corrected chi connectivity index (χ2v) is 9.79. The molecule has 108 valence electrons. The molecule has 0 aliphatic carbocycles. The Balaban J connectivity index is 2.09. The summed E-state index contributed by atoms with van der Waals surface area (Å²) in [7, 11) is -0.816. The largest absolute Gasteiger partial charge is 0.329 e. The zero-order valence-electron chi connectivity index (χ0n) is 10.9. The van der Waals surface area contributed by atoms with Crippen LogP contribution in [0.1, 0.15) is 18.4 Å². The van der Waals surface area contributed by atoms with Crippen LogP contribution in [-0.4, -0.2) is 44.0 Å². The van der Waals surface area contributed by atoms with Crippen molar-refractivity contribution in [3.63, 3.8) is 0 Å². The lowest BCUT2D eigenvalue weighted by atomic mass is 9.90. The first-order valence-electron chi connectivity index (χ1n) is 6.22. The van der Waals surface area contributed by atoms with Crippen molar-refractivity contribution in [3.8, 4) is 0 Å². The Morgan fingerprint density at radius 2 is 2.11 bits per heavy atom. The molecule has 1 aliphatic heterocycles. The molecule has 1 saturated heterocycles. The first-order chi connectivity index (χ1) is 8.87. The number of hydrogen-bond donors (Lipinski definition) is 1. The van der Waals surface area contributed by atoms with Gasteiger partial charge in [-0.15, -0.1) is 11.3 Å². The fraction of sp³-hybridized carbons (Fsp3) is 0.667. The molecule has 0 bridgehead atoms. The summed E-state index contributed by atoms with van der Waals surface area (Å²) in [5, 5.41) is 2.12. The van der Waals surface area contributed by atoms with Gasteiger partial charge in [-0.3, -0.25) is 4.90 Å². The monoisotopic (exact) mass is 366 g/mol. The topological polar surface area (TPSA) is 63.4 Å². The molecular weight excluding hydrogens is 348 g/mol. The summed E-state index contributed by atoms with van der Waals surface area (Å²) >= 11 is 5.12. The third kappa shape index (κ3) is 3.58. The van der Waals surface area contributed by atoms with E-state index in [2.05, 4.69) is 32.3 Å². The number of halogens is 1. The molecule has 2 rings (SSSR count). The molecule has 2 N–H and O–H groups in total. The van der Waals surface area contributed by atoms with Crippen LogP contribution in [0.15, 0.2) is 15.2 Å². The van der Waals surface area contributed by atoms with Gasteiger partial charge in [-0.25, -0.2) is 8.42 Å². The van der Waals surface area contributed by atoms with E-state index in [0.717, 1.165) is 10.3 Å². The van der Waals surface area contributed by atoms with Crippen molar-refractivity contribution in [2.45, 2.75) is 24.9 Å². The average molecular weight is 367 g/mol. The second kappa shape index (κ2) is 5.81. The Morgan fingerprint density at radius 3 is 2.58 bits per heavy atom. The number of hydrogen-bond acceptors (Lipinski definition) is 5. The molecular formula is C12H19BrN2O2S2. The second-order valence-electron chi connectivity index (χ2n) is 5.20. The van der Waals surface area contributed by atoms with Gasteiger partial charge < -0.3 is 5.73 Å². The van der Waals surface area contributed by atoms with Crippen molar-refractivity contribution in [1.82, 2.24) is 4.90 Å².